The zero-order valence-corrected chi connectivity index (χ0v) is 8.47. The number of ether oxygens (including phenoxy) is 2. The van der Waals surface area contributed by atoms with Crippen LogP contribution in [0.25, 0.3) is 0 Å². The number of nitrogen functional groups attached to an aromatic ring is 1. The molecule has 0 amide bonds. The van der Waals surface area contributed by atoms with Gasteiger partial charge in [-0.05, 0) is 12.1 Å². The molecule has 2 N–H and O–H groups in total. The van der Waals surface area contributed by atoms with Crippen LogP contribution in [0.15, 0.2) is 12.1 Å². The van der Waals surface area contributed by atoms with Gasteiger partial charge >= 0.3 is 12.3 Å². The molecule has 0 aliphatic rings. The normalized spacial score (nSPS) is 11.1. The van der Waals surface area contributed by atoms with Crippen LogP contribution in [-0.2, 0) is 4.74 Å². The molecule has 0 heterocycles. The molecule has 17 heavy (non-hydrogen) atoms. The number of nitrogens with two attached hydrogens (primary N) is 1. The number of benzene rings is 1. The van der Waals surface area contributed by atoms with Crippen molar-refractivity contribution in [2.24, 2.45) is 0 Å². The number of methoxy groups -OCH3 is 1. The van der Waals surface area contributed by atoms with Crippen molar-refractivity contribution in [3.8, 4) is 5.75 Å². The minimum atomic E-state index is -5.11. The van der Waals surface area contributed by atoms with E-state index in [0.29, 0.717) is 6.07 Å². The number of carbonyl (C=O) groups is 1. The first kappa shape index (κ1) is 13.1. The molecule has 1 rings (SSSR count). The maximum Gasteiger partial charge on any atom is 0.573 e. The molecule has 0 aliphatic heterocycles. The Morgan fingerprint density at radius 3 is 2.41 bits per heavy atom. The third-order valence-corrected chi connectivity index (χ3v) is 1.77. The summed E-state index contributed by atoms with van der Waals surface area (Å²) < 4.78 is 56.6. The number of carbonyl (C=O) groups excluding carboxylic acids is 1. The van der Waals surface area contributed by atoms with Crippen molar-refractivity contribution < 1.29 is 31.8 Å². The average Bonchev–Trinajstić information content (AvgIpc) is 2.22. The van der Waals surface area contributed by atoms with Gasteiger partial charge in [-0.1, -0.05) is 0 Å². The van der Waals surface area contributed by atoms with Crippen LogP contribution >= 0.6 is 0 Å². The largest absolute Gasteiger partial charge is 0.573 e. The molecule has 0 unspecified atom stereocenters. The van der Waals surface area contributed by atoms with E-state index in [2.05, 4.69) is 9.47 Å². The molecule has 0 atom stereocenters. The Labute approximate surface area is 92.9 Å². The van der Waals surface area contributed by atoms with Crippen molar-refractivity contribution in [2.45, 2.75) is 6.36 Å². The molecule has 8 heteroatoms. The lowest BCUT2D eigenvalue weighted by molar-refractivity contribution is -0.275. The predicted molar refractivity (Wildman–Crippen MR) is 48.8 cm³/mol. The monoisotopic (exact) mass is 253 g/mol. The van der Waals surface area contributed by atoms with Crippen LogP contribution in [-0.4, -0.2) is 19.4 Å². The molecule has 0 saturated heterocycles. The molecule has 1 aromatic rings. The number of hydrogen-bond donors (Lipinski definition) is 1. The van der Waals surface area contributed by atoms with Gasteiger partial charge in [-0.2, -0.15) is 0 Å². The van der Waals surface area contributed by atoms with Gasteiger partial charge in [0, 0.05) is 0 Å². The first-order valence-electron chi connectivity index (χ1n) is 4.18. The highest BCUT2D eigenvalue weighted by atomic mass is 19.4. The Morgan fingerprint density at radius 1 is 1.35 bits per heavy atom. The fourth-order valence-corrected chi connectivity index (χ4v) is 1.08. The smallest absolute Gasteiger partial charge is 0.465 e. The van der Waals surface area contributed by atoms with E-state index >= 15 is 0 Å². The second-order valence-corrected chi connectivity index (χ2v) is 2.88. The predicted octanol–water partition coefficient (Wildman–Crippen LogP) is 2.09. The van der Waals surface area contributed by atoms with Crippen LogP contribution in [0.3, 0.4) is 0 Å². The molecule has 0 bridgehead atoms. The molecule has 0 aliphatic carbocycles. The van der Waals surface area contributed by atoms with E-state index in [4.69, 9.17) is 5.73 Å². The molecule has 4 nitrogen and oxygen atoms in total. The Morgan fingerprint density at radius 2 is 1.94 bits per heavy atom. The van der Waals surface area contributed by atoms with Crippen molar-refractivity contribution in [1.29, 1.82) is 0 Å². The Hall–Kier alpha value is -1.99. The third kappa shape index (κ3) is 2.99. The molecular weight excluding hydrogens is 246 g/mol. The lowest BCUT2D eigenvalue weighted by atomic mass is 10.1. The molecule has 0 spiro atoms. The summed E-state index contributed by atoms with van der Waals surface area (Å²) in [6.45, 7) is 0. The second-order valence-electron chi connectivity index (χ2n) is 2.88. The molecule has 1 aromatic carbocycles. The van der Waals surface area contributed by atoms with Gasteiger partial charge in [0.05, 0.1) is 18.4 Å². The highest BCUT2D eigenvalue weighted by Crippen LogP contribution is 2.33. The van der Waals surface area contributed by atoms with E-state index in [1.165, 1.54) is 0 Å². The first-order chi connectivity index (χ1) is 7.76. The fraction of sp³-hybridized carbons (Fsp3) is 0.222. The van der Waals surface area contributed by atoms with Crippen LogP contribution in [0.2, 0.25) is 0 Å². The van der Waals surface area contributed by atoms with Crippen LogP contribution in [0, 0.1) is 5.82 Å². The average molecular weight is 253 g/mol. The summed E-state index contributed by atoms with van der Waals surface area (Å²) in [5.74, 6) is -3.57. The maximum absolute atomic E-state index is 13.1. The Bertz CT molecular complexity index is 445. The van der Waals surface area contributed by atoms with Gasteiger partial charge in [0.1, 0.15) is 0 Å². The summed E-state index contributed by atoms with van der Waals surface area (Å²) in [4.78, 5) is 11.1. The van der Waals surface area contributed by atoms with Crippen molar-refractivity contribution in [2.75, 3.05) is 12.8 Å². The molecule has 0 aromatic heterocycles. The van der Waals surface area contributed by atoms with Crippen molar-refractivity contribution >= 4 is 11.7 Å². The summed E-state index contributed by atoms with van der Waals surface area (Å²) in [6, 6.07) is 1.53. The standard InChI is InChI=1S/C9H7F4NO3/c1-16-8(15)4-2-3-5(10)7(6(4)14)17-9(11,12)13/h2-3H,14H2,1H3. The maximum atomic E-state index is 13.1. The van der Waals surface area contributed by atoms with Gasteiger partial charge < -0.3 is 15.2 Å². The van der Waals surface area contributed by atoms with Gasteiger partial charge in [0.2, 0.25) is 0 Å². The van der Waals surface area contributed by atoms with Gasteiger partial charge in [-0.15, -0.1) is 13.2 Å². The molecular formula is C9H7F4NO3. The quantitative estimate of drug-likeness (QED) is 0.498. The van der Waals surface area contributed by atoms with E-state index < -0.39 is 35.1 Å². The van der Waals surface area contributed by atoms with E-state index in [1.54, 1.807) is 0 Å². The molecule has 0 fully saturated rings. The van der Waals surface area contributed by atoms with Gasteiger partial charge in [-0.3, -0.25) is 0 Å². The Balaban J connectivity index is 3.25. The first-order valence-corrected chi connectivity index (χ1v) is 4.18. The lowest BCUT2D eigenvalue weighted by Crippen LogP contribution is -2.20. The SMILES string of the molecule is COC(=O)c1ccc(F)c(OC(F)(F)F)c1N. The number of alkyl halides is 3. The number of hydrogen-bond acceptors (Lipinski definition) is 4. The summed E-state index contributed by atoms with van der Waals surface area (Å²) in [6.07, 6.45) is -5.11. The van der Waals surface area contributed by atoms with E-state index in [-0.39, 0.29) is 0 Å². The molecule has 0 saturated carbocycles. The Kier molecular flexibility index (Phi) is 3.45. The summed E-state index contributed by atoms with van der Waals surface area (Å²) in [7, 11) is 1.01. The molecule has 0 radical (unpaired) electrons. The summed E-state index contributed by atoms with van der Waals surface area (Å²) in [5.41, 5.74) is 4.02. The van der Waals surface area contributed by atoms with E-state index in [9.17, 15) is 22.4 Å². The van der Waals surface area contributed by atoms with Crippen LogP contribution in [0.1, 0.15) is 10.4 Å². The molecule has 94 valence electrons. The topological polar surface area (TPSA) is 61.5 Å². The third-order valence-electron chi connectivity index (χ3n) is 1.77. The van der Waals surface area contributed by atoms with E-state index in [0.717, 1.165) is 13.2 Å². The van der Waals surface area contributed by atoms with Gasteiger partial charge in [-0.25, -0.2) is 9.18 Å². The number of rotatable bonds is 2. The zero-order valence-electron chi connectivity index (χ0n) is 8.47. The number of halogens is 4. The van der Waals surface area contributed by atoms with Crippen molar-refractivity contribution in [3.05, 3.63) is 23.5 Å². The highest BCUT2D eigenvalue weighted by Gasteiger charge is 2.34. The van der Waals surface area contributed by atoms with Crippen molar-refractivity contribution in [3.63, 3.8) is 0 Å². The lowest BCUT2D eigenvalue weighted by Gasteiger charge is -2.13. The van der Waals surface area contributed by atoms with Crippen LogP contribution in [0.5, 0.6) is 5.75 Å². The minimum Gasteiger partial charge on any atom is -0.465 e. The number of anilines is 1. The summed E-state index contributed by atoms with van der Waals surface area (Å²) >= 11 is 0. The van der Waals surface area contributed by atoms with Gasteiger partial charge in [0.15, 0.2) is 11.6 Å². The van der Waals surface area contributed by atoms with E-state index in [1.807, 2.05) is 0 Å². The van der Waals surface area contributed by atoms with Crippen molar-refractivity contribution in [1.82, 2.24) is 0 Å². The minimum absolute atomic E-state index is 0.409. The van der Waals surface area contributed by atoms with Crippen LogP contribution in [0.4, 0.5) is 23.2 Å². The van der Waals surface area contributed by atoms with Gasteiger partial charge in [0.25, 0.3) is 0 Å². The second kappa shape index (κ2) is 4.48. The fourth-order valence-electron chi connectivity index (χ4n) is 1.08. The highest BCUT2D eigenvalue weighted by molar-refractivity contribution is 5.96. The summed E-state index contributed by atoms with van der Waals surface area (Å²) in [5, 5.41) is 0. The van der Waals surface area contributed by atoms with Crippen LogP contribution < -0.4 is 10.5 Å². The zero-order chi connectivity index (χ0) is 13.2. The number of esters is 1.